The Morgan fingerprint density at radius 2 is 1.93 bits per heavy atom. The molecule has 0 amide bonds. The van der Waals surface area contributed by atoms with Crippen LogP contribution in [0.2, 0.25) is 0 Å². The van der Waals surface area contributed by atoms with Gasteiger partial charge in [0.2, 0.25) is 11.8 Å². The number of aryl methyl sites for hydroxylation is 1. The number of hydrogen-bond donors (Lipinski definition) is 0. The molecule has 1 heterocycles. The summed E-state index contributed by atoms with van der Waals surface area (Å²) >= 11 is 0. The molecule has 1 aliphatic rings. The fraction of sp³-hybridized carbons (Fsp3) is 0.818. The van der Waals surface area contributed by atoms with E-state index in [-0.39, 0.29) is 0 Å². The Balaban J connectivity index is 2.01. The lowest BCUT2D eigenvalue weighted by Gasteiger charge is -2.23. The summed E-state index contributed by atoms with van der Waals surface area (Å²) in [5.41, 5.74) is 0. The predicted octanol–water partition coefficient (Wildman–Crippen LogP) is 2.93. The van der Waals surface area contributed by atoms with E-state index in [4.69, 9.17) is 4.42 Å². The van der Waals surface area contributed by atoms with Gasteiger partial charge in [0, 0.05) is 12.3 Å². The van der Waals surface area contributed by atoms with E-state index in [0.29, 0.717) is 5.92 Å². The second kappa shape index (κ2) is 4.11. The number of hydrogen-bond acceptors (Lipinski definition) is 3. The lowest BCUT2D eigenvalue weighted by Crippen LogP contribution is -2.11. The van der Waals surface area contributed by atoms with Gasteiger partial charge in [0.15, 0.2) is 0 Å². The molecule has 0 N–H and O–H groups in total. The molecule has 3 nitrogen and oxygen atoms in total. The highest BCUT2D eigenvalue weighted by atomic mass is 16.4. The molecular weight excluding hydrogens is 176 g/mol. The van der Waals surface area contributed by atoms with Gasteiger partial charge in [0.25, 0.3) is 0 Å². The summed E-state index contributed by atoms with van der Waals surface area (Å²) in [6, 6.07) is 0. The minimum atomic E-state index is 0.527. The molecule has 1 aromatic rings. The number of nitrogens with zero attached hydrogens (tertiary/aromatic N) is 2. The fourth-order valence-corrected chi connectivity index (χ4v) is 2.08. The van der Waals surface area contributed by atoms with Gasteiger partial charge >= 0.3 is 0 Å². The van der Waals surface area contributed by atoms with Crippen LogP contribution in [0.25, 0.3) is 0 Å². The summed E-state index contributed by atoms with van der Waals surface area (Å²) in [7, 11) is 0. The van der Waals surface area contributed by atoms with Gasteiger partial charge in [0.1, 0.15) is 0 Å². The van der Waals surface area contributed by atoms with E-state index in [9.17, 15) is 0 Å². The maximum absolute atomic E-state index is 5.59. The average Bonchev–Trinajstić information content (AvgIpc) is 2.67. The average molecular weight is 194 g/mol. The van der Waals surface area contributed by atoms with E-state index < -0.39 is 0 Å². The van der Waals surface area contributed by atoms with Gasteiger partial charge in [0.05, 0.1) is 0 Å². The van der Waals surface area contributed by atoms with Crippen LogP contribution in [0.1, 0.15) is 57.2 Å². The van der Waals surface area contributed by atoms with E-state index >= 15 is 0 Å². The third-order valence-electron chi connectivity index (χ3n) is 3.15. The van der Waals surface area contributed by atoms with Crippen molar-refractivity contribution in [1.29, 1.82) is 0 Å². The van der Waals surface area contributed by atoms with Gasteiger partial charge in [-0.2, -0.15) is 0 Å². The lowest BCUT2D eigenvalue weighted by atomic mass is 9.83. The van der Waals surface area contributed by atoms with Crippen LogP contribution >= 0.6 is 0 Å². The molecule has 78 valence electrons. The van der Waals surface area contributed by atoms with E-state index in [1.54, 1.807) is 0 Å². The Labute approximate surface area is 84.9 Å². The third kappa shape index (κ3) is 1.97. The molecule has 1 saturated carbocycles. The zero-order valence-corrected chi connectivity index (χ0v) is 8.99. The Bertz CT molecular complexity index is 287. The summed E-state index contributed by atoms with van der Waals surface area (Å²) < 4.78 is 5.59. The van der Waals surface area contributed by atoms with Crippen LogP contribution in [0.4, 0.5) is 0 Å². The summed E-state index contributed by atoms with van der Waals surface area (Å²) in [5, 5.41) is 8.13. The van der Waals surface area contributed by atoms with Gasteiger partial charge in [-0.1, -0.05) is 13.8 Å². The lowest BCUT2D eigenvalue weighted by molar-refractivity contribution is 0.302. The van der Waals surface area contributed by atoms with Gasteiger partial charge in [-0.05, 0) is 31.6 Å². The molecular formula is C11H18N2O. The monoisotopic (exact) mass is 194 g/mol. The number of rotatable bonds is 2. The van der Waals surface area contributed by atoms with E-state index in [0.717, 1.165) is 24.1 Å². The maximum atomic E-state index is 5.59. The van der Waals surface area contributed by atoms with Crippen LogP contribution in [0.15, 0.2) is 4.42 Å². The minimum absolute atomic E-state index is 0.527. The van der Waals surface area contributed by atoms with Crippen LogP contribution < -0.4 is 0 Å². The topological polar surface area (TPSA) is 38.9 Å². The Morgan fingerprint density at radius 1 is 1.21 bits per heavy atom. The summed E-state index contributed by atoms with van der Waals surface area (Å²) in [5.74, 6) is 3.05. The molecule has 1 aliphatic carbocycles. The first kappa shape index (κ1) is 9.69. The summed E-state index contributed by atoms with van der Waals surface area (Å²) in [6.45, 7) is 4.36. The Hall–Kier alpha value is -0.860. The van der Waals surface area contributed by atoms with E-state index in [2.05, 4.69) is 17.1 Å². The molecule has 1 fully saturated rings. The largest absolute Gasteiger partial charge is 0.425 e. The minimum Gasteiger partial charge on any atom is -0.425 e. The second-order valence-electron chi connectivity index (χ2n) is 4.34. The SMILES string of the molecule is CCc1nnc([C@H]2CC[C@H](C)CC2)o1. The molecule has 14 heavy (non-hydrogen) atoms. The van der Waals surface area contributed by atoms with Crippen molar-refractivity contribution in [3.8, 4) is 0 Å². The first-order valence-electron chi connectivity index (χ1n) is 5.62. The number of aromatic nitrogens is 2. The first-order valence-corrected chi connectivity index (χ1v) is 5.62. The van der Waals surface area contributed by atoms with E-state index in [1.807, 2.05) is 6.92 Å². The van der Waals surface area contributed by atoms with Gasteiger partial charge < -0.3 is 4.42 Å². The molecule has 3 heteroatoms. The summed E-state index contributed by atoms with van der Waals surface area (Å²) in [6.07, 6.45) is 5.87. The highest BCUT2D eigenvalue weighted by molar-refractivity contribution is 4.93. The van der Waals surface area contributed by atoms with Crippen molar-refractivity contribution >= 4 is 0 Å². The molecule has 0 unspecified atom stereocenters. The second-order valence-corrected chi connectivity index (χ2v) is 4.34. The van der Waals surface area contributed by atoms with Crippen molar-refractivity contribution < 1.29 is 4.42 Å². The normalized spacial score (nSPS) is 27.9. The van der Waals surface area contributed by atoms with Crippen LogP contribution in [0, 0.1) is 5.92 Å². The van der Waals surface area contributed by atoms with Crippen molar-refractivity contribution in [2.24, 2.45) is 5.92 Å². The highest BCUT2D eigenvalue weighted by Crippen LogP contribution is 2.34. The van der Waals surface area contributed by atoms with Gasteiger partial charge in [-0.15, -0.1) is 10.2 Å². The molecule has 2 rings (SSSR count). The molecule has 0 aromatic carbocycles. The molecule has 0 radical (unpaired) electrons. The maximum Gasteiger partial charge on any atom is 0.219 e. The molecule has 0 atom stereocenters. The van der Waals surface area contributed by atoms with Crippen molar-refractivity contribution in [3.63, 3.8) is 0 Å². The quantitative estimate of drug-likeness (QED) is 0.726. The van der Waals surface area contributed by atoms with Crippen LogP contribution in [-0.2, 0) is 6.42 Å². The standard InChI is InChI=1S/C11H18N2O/c1-3-10-12-13-11(14-10)9-6-4-8(2)5-7-9/h8-9H,3-7H2,1-2H3/t8-,9-. The third-order valence-corrected chi connectivity index (χ3v) is 3.15. The zero-order chi connectivity index (χ0) is 9.97. The van der Waals surface area contributed by atoms with Crippen LogP contribution in [-0.4, -0.2) is 10.2 Å². The van der Waals surface area contributed by atoms with Crippen molar-refractivity contribution in [2.75, 3.05) is 0 Å². The Morgan fingerprint density at radius 3 is 2.50 bits per heavy atom. The molecule has 0 aliphatic heterocycles. The molecule has 0 bridgehead atoms. The molecule has 0 saturated heterocycles. The smallest absolute Gasteiger partial charge is 0.219 e. The van der Waals surface area contributed by atoms with Crippen molar-refractivity contribution in [2.45, 2.75) is 51.9 Å². The van der Waals surface area contributed by atoms with Crippen molar-refractivity contribution in [1.82, 2.24) is 10.2 Å². The summed E-state index contributed by atoms with van der Waals surface area (Å²) in [4.78, 5) is 0. The van der Waals surface area contributed by atoms with Gasteiger partial charge in [-0.25, -0.2) is 0 Å². The predicted molar refractivity (Wildman–Crippen MR) is 54.0 cm³/mol. The van der Waals surface area contributed by atoms with Crippen molar-refractivity contribution in [3.05, 3.63) is 11.8 Å². The zero-order valence-electron chi connectivity index (χ0n) is 8.99. The van der Waals surface area contributed by atoms with Gasteiger partial charge in [-0.3, -0.25) is 0 Å². The molecule has 1 aromatic heterocycles. The first-order chi connectivity index (χ1) is 6.79. The van der Waals surface area contributed by atoms with Crippen LogP contribution in [0.3, 0.4) is 0 Å². The van der Waals surface area contributed by atoms with E-state index in [1.165, 1.54) is 25.7 Å². The highest BCUT2D eigenvalue weighted by Gasteiger charge is 2.23. The Kier molecular flexibility index (Phi) is 2.85. The van der Waals surface area contributed by atoms with Crippen LogP contribution in [0.5, 0.6) is 0 Å². The fourth-order valence-electron chi connectivity index (χ4n) is 2.08. The molecule has 0 spiro atoms.